The van der Waals surface area contributed by atoms with Gasteiger partial charge in [0.2, 0.25) is 5.91 Å². The van der Waals surface area contributed by atoms with Gasteiger partial charge in [0.05, 0.1) is 6.61 Å². The molecule has 4 nitrogen and oxygen atoms in total. The number of hydrogen-bond acceptors (Lipinski definition) is 3. The van der Waals surface area contributed by atoms with Gasteiger partial charge in [-0.25, -0.2) is 0 Å². The Morgan fingerprint density at radius 3 is 2.29 bits per heavy atom. The van der Waals surface area contributed by atoms with Crippen molar-refractivity contribution in [3.63, 3.8) is 0 Å². The van der Waals surface area contributed by atoms with Crippen LogP contribution in [0.5, 0.6) is 5.75 Å². The van der Waals surface area contributed by atoms with E-state index in [-0.39, 0.29) is 30.3 Å². The number of carbonyl (C=O) groups excluding carboxylic acids is 1. The van der Waals surface area contributed by atoms with E-state index < -0.39 is 12.2 Å². The minimum absolute atomic E-state index is 0.0683. The van der Waals surface area contributed by atoms with Gasteiger partial charge in [-0.05, 0) is 43.5 Å². The molecule has 158 valence electrons. The molecule has 1 aliphatic heterocycles. The van der Waals surface area contributed by atoms with Crippen molar-refractivity contribution in [1.29, 1.82) is 0 Å². The molecular formula is C21H31F3N2O2. The number of alkyl halides is 3. The van der Waals surface area contributed by atoms with E-state index in [0.717, 1.165) is 5.75 Å². The molecule has 2 unspecified atom stereocenters. The van der Waals surface area contributed by atoms with Crippen LogP contribution in [0.4, 0.5) is 13.2 Å². The number of carbonyl (C=O) groups is 1. The maximum Gasteiger partial charge on any atom is 0.405 e. The molecule has 0 bridgehead atoms. The molecule has 0 saturated carbocycles. The summed E-state index contributed by atoms with van der Waals surface area (Å²) in [5.41, 5.74) is 1.28. The lowest BCUT2D eigenvalue weighted by Crippen LogP contribution is -2.62. The van der Waals surface area contributed by atoms with Crippen LogP contribution in [0.1, 0.15) is 46.1 Å². The smallest absolute Gasteiger partial charge is 0.405 e. The Labute approximate surface area is 165 Å². The van der Waals surface area contributed by atoms with Crippen LogP contribution in [0.2, 0.25) is 0 Å². The van der Waals surface area contributed by atoms with Crippen molar-refractivity contribution in [2.24, 2.45) is 0 Å². The molecule has 0 radical (unpaired) electrons. The largest absolute Gasteiger partial charge is 0.494 e. The predicted octanol–water partition coefficient (Wildman–Crippen LogP) is 4.24. The van der Waals surface area contributed by atoms with Gasteiger partial charge in [0, 0.05) is 25.6 Å². The minimum Gasteiger partial charge on any atom is -0.494 e. The van der Waals surface area contributed by atoms with Crippen LogP contribution in [-0.2, 0) is 10.2 Å². The predicted molar refractivity (Wildman–Crippen MR) is 104 cm³/mol. The molecule has 0 aliphatic carbocycles. The molecule has 1 aliphatic rings. The first-order chi connectivity index (χ1) is 12.9. The zero-order valence-corrected chi connectivity index (χ0v) is 17.3. The van der Waals surface area contributed by atoms with Gasteiger partial charge < -0.3 is 9.64 Å². The van der Waals surface area contributed by atoms with Gasteiger partial charge >= 0.3 is 6.18 Å². The molecular weight excluding hydrogens is 369 g/mol. The third-order valence-electron chi connectivity index (χ3n) is 5.32. The van der Waals surface area contributed by atoms with Crippen LogP contribution in [-0.4, -0.2) is 60.7 Å². The third-order valence-corrected chi connectivity index (χ3v) is 5.32. The molecule has 1 aromatic rings. The van der Waals surface area contributed by atoms with Gasteiger partial charge in [0.1, 0.15) is 11.8 Å². The zero-order chi connectivity index (χ0) is 21.1. The van der Waals surface area contributed by atoms with Crippen molar-refractivity contribution < 1.29 is 22.7 Å². The molecule has 1 saturated heterocycles. The summed E-state index contributed by atoms with van der Waals surface area (Å²) in [6.07, 6.45) is -3.69. The maximum atomic E-state index is 13.2. The van der Waals surface area contributed by atoms with E-state index >= 15 is 0 Å². The molecule has 2 rings (SSSR count). The van der Waals surface area contributed by atoms with Gasteiger partial charge in [-0.1, -0.05) is 32.9 Å². The highest BCUT2D eigenvalue weighted by atomic mass is 19.4. The monoisotopic (exact) mass is 400 g/mol. The van der Waals surface area contributed by atoms with Gasteiger partial charge in [-0.3, -0.25) is 9.69 Å². The quantitative estimate of drug-likeness (QED) is 0.694. The summed E-state index contributed by atoms with van der Waals surface area (Å²) in [7, 11) is 1.46. The molecule has 0 aromatic heterocycles. The maximum absolute atomic E-state index is 13.2. The summed E-state index contributed by atoms with van der Waals surface area (Å²) < 4.78 is 45.3. The van der Waals surface area contributed by atoms with Crippen LogP contribution in [0, 0.1) is 0 Å². The second kappa shape index (κ2) is 8.72. The normalized spacial score (nSPS) is 21.6. The highest BCUT2D eigenvalue weighted by Gasteiger charge is 2.47. The van der Waals surface area contributed by atoms with Gasteiger partial charge in [-0.2, -0.15) is 13.2 Å². The topological polar surface area (TPSA) is 32.8 Å². The number of halogens is 3. The lowest BCUT2D eigenvalue weighted by atomic mass is 9.87. The highest BCUT2D eigenvalue weighted by molar-refractivity contribution is 5.76. The molecule has 1 heterocycles. The average Bonchev–Trinajstić information content (AvgIpc) is 2.59. The summed E-state index contributed by atoms with van der Waals surface area (Å²) in [5.74, 6) is 0.478. The van der Waals surface area contributed by atoms with Crippen LogP contribution in [0.3, 0.4) is 0 Å². The molecule has 7 heteroatoms. The molecule has 1 amide bonds. The van der Waals surface area contributed by atoms with Crippen LogP contribution in [0.15, 0.2) is 24.3 Å². The molecule has 0 spiro atoms. The number of piperazine rings is 1. The fraction of sp³-hybridized carbons (Fsp3) is 0.667. The van der Waals surface area contributed by atoms with Crippen LogP contribution < -0.4 is 4.74 Å². The summed E-state index contributed by atoms with van der Waals surface area (Å²) >= 11 is 0. The number of nitrogens with zero attached hydrogens (tertiary/aromatic N) is 2. The molecule has 1 fully saturated rings. The first kappa shape index (κ1) is 22.5. The molecule has 2 atom stereocenters. The van der Waals surface area contributed by atoms with E-state index in [1.165, 1.54) is 22.4 Å². The van der Waals surface area contributed by atoms with Crippen LogP contribution in [0.25, 0.3) is 0 Å². The fourth-order valence-electron chi connectivity index (χ4n) is 3.33. The minimum atomic E-state index is -4.34. The summed E-state index contributed by atoms with van der Waals surface area (Å²) in [6.45, 7) is 8.48. The second-order valence-electron chi connectivity index (χ2n) is 8.60. The van der Waals surface area contributed by atoms with E-state index in [9.17, 15) is 18.0 Å². The van der Waals surface area contributed by atoms with Crippen molar-refractivity contribution >= 4 is 5.91 Å². The number of rotatable bonds is 5. The lowest BCUT2D eigenvalue weighted by Gasteiger charge is -2.44. The van der Waals surface area contributed by atoms with E-state index in [1.807, 2.05) is 24.3 Å². The number of ether oxygens (including phenoxy) is 1. The van der Waals surface area contributed by atoms with Crippen molar-refractivity contribution in [1.82, 2.24) is 9.80 Å². The number of amides is 1. The molecule has 1 aromatic carbocycles. The van der Waals surface area contributed by atoms with Gasteiger partial charge in [-0.15, -0.1) is 0 Å². The standard InChI is InChI=1S/C21H31F3N2O2/c1-15-13-26(14-18(25(15)5)21(22,23)24)19(27)7-6-12-28-17-10-8-16(9-11-17)20(2,3)4/h8-11,15,18H,6-7,12-14H2,1-5H3. The van der Waals surface area contributed by atoms with Crippen LogP contribution >= 0.6 is 0 Å². The van der Waals surface area contributed by atoms with Gasteiger partial charge in [0.25, 0.3) is 0 Å². The Bertz CT molecular complexity index is 653. The average molecular weight is 400 g/mol. The summed E-state index contributed by atoms with van der Waals surface area (Å²) in [4.78, 5) is 15.0. The van der Waals surface area contributed by atoms with Gasteiger partial charge in [0.15, 0.2) is 0 Å². The fourth-order valence-corrected chi connectivity index (χ4v) is 3.33. The third kappa shape index (κ3) is 5.87. The molecule has 28 heavy (non-hydrogen) atoms. The molecule has 0 N–H and O–H groups in total. The number of likely N-dealkylation sites (N-methyl/N-ethyl adjacent to an activating group) is 1. The SMILES string of the molecule is CC1CN(C(=O)CCCOc2ccc(C(C)(C)C)cc2)CC(C(F)(F)F)N1C. The Morgan fingerprint density at radius 2 is 1.75 bits per heavy atom. The highest BCUT2D eigenvalue weighted by Crippen LogP contribution is 2.29. The van der Waals surface area contributed by atoms with E-state index in [2.05, 4.69) is 20.8 Å². The first-order valence-electron chi connectivity index (χ1n) is 9.69. The Hall–Kier alpha value is -1.76. The van der Waals surface area contributed by atoms with Crippen molar-refractivity contribution in [3.8, 4) is 5.75 Å². The second-order valence-corrected chi connectivity index (χ2v) is 8.60. The van der Waals surface area contributed by atoms with Crippen molar-refractivity contribution in [3.05, 3.63) is 29.8 Å². The Morgan fingerprint density at radius 1 is 1.14 bits per heavy atom. The lowest BCUT2D eigenvalue weighted by molar-refractivity contribution is -0.201. The Kier molecular flexibility index (Phi) is 7.02. The van der Waals surface area contributed by atoms with Crippen molar-refractivity contribution in [2.45, 2.75) is 64.2 Å². The first-order valence-corrected chi connectivity index (χ1v) is 9.69. The van der Waals surface area contributed by atoms with E-state index in [4.69, 9.17) is 4.74 Å². The van der Waals surface area contributed by atoms with E-state index in [0.29, 0.717) is 19.6 Å². The summed E-state index contributed by atoms with van der Waals surface area (Å²) in [6, 6.07) is 5.89. The number of hydrogen-bond donors (Lipinski definition) is 0. The summed E-state index contributed by atoms with van der Waals surface area (Å²) in [5, 5.41) is 0. The van der Waals surface area contributed by atoms with Crippen molar-refractivity contribution in [2.75, 3.05) is 26.7 Å². The van der Waals surface area contributed by atoms with E-state index in [1.54, 1.807) is 6.92 Å². The zero-order valence-electron chi connectivity index (χ0n) is 17.3. The number of benzene rings is 1. The Balaban J connectivity index is 1.81.